The fourth-order valence-corrected chi connectivity index (χ4v) is 4.11. The fourth-order valence-electron chi connectivity index (χ4n) is 4.11. The van der Waals surface area contributed by atoms with Gasteiger partial charge in [0.15, 0.2) is 0 Å². The van der Waals surface area contributed by atoms with Gasteiger partial charge in [-0.25, -0.2) is 0 Å². The first kappa shape index (κ1) is 12.9. The molecule has 18 heavy (non-hydrogen) atoms. The number of piperidine rings is 1. The molecule has 0 amide bonds. The Balaban J connectivity index is 1.43. The molecule has 1 N–H and O–H groups in total. The lowest BCUT2D eigenvalue weighted by Gasteiger charge is -2.36. The summed E-state index contributed by atoms with van der Waals surface area (Å²) in [4.78, 5) is 2.70. The molecule has 3 heteroatoms. The zero-order chi connectivity index (χ0) is 12.4. The van der Waals surface area contributed by atoms with Gasteiger partial charge in [-0.2, -0.15) is 0 Å². The van der Waals surface area contributed by atoms with Crippen LogP contribution in [0.3, 0.4) is 0 Å². The summed E-state index contributed by atoms with van der Waals surface area (Å²) in [5, 5.41) is 3.83. The Morgan fingerprint density at radius 1 is 1.22 bits per heavy atom. The van der Waals surface area contributed by atoms with Gasteiger partial charge in [0, 0.05) is 25.2 Å². The molecule has 0 aromatic carbocycles. The van der Waals surface area contributed by atoms with Crippen molar-refractivity contribution in [2.24, 2.45) is 5.92 Å². The van der Waals surface area contributed by atoms with E-state index in [4.69, 9.17) is 4.74 Å². The largest absolute Gasteiger partial charge is 0.378 e. The average molecular weight is 252 g/mol. The number of fused-ring (bicyclic) bond motifs is 1. The lowest BCUT2D eigenvalue weighted by atomic mass is 9.95. The molecule has 0 aromatic heterocycles. The van der Waals surface area contributed by atoms with Crippen molar-refractivity contribution in [3.63, 3.8) is 0 Å². The molecule has 4 atom stereocenters. The van der Waals surface area contributed by atoms with E-state index in [2.05, 4.69) is 17.1 Å². The number of rotatable bonds is 4. The summed E-state index contributed by atoms with van der Waals surface area (Å²) in [7, 11) is 0. The van der Waals surface area contributed by atoms with Crippen molar-refractivity contribution in [1.29, 1.82) is 0 Å². The number of ether oxygens (including phenoxy) is 1. The zero-order valence-electron chi connectivity index (χ0n) is 11.7. The van der Waals surface area contributed by atoms with Crippen molar-refractivity contribution in [1.82, 2.24) is 10.2 Å². The Kier molecular flexibility index (Phi) is 4.22. The van der Waals surface area contributed by atoms with Crippen LogP contribution in [-0.2, 0) is 4.74 Å². The molecule has 0 aliphatic carbocycles. The molecule has 0 radical (unpaired) electrons. The molecule has 0 spiro atoms. The highest BCUT2D eigenvalue weighted by atomic mass is 16.5. The first-order valence-corrected chi connectivity index (χ1v) is 7.96. The van der Waals surface area contributed by atoms with Crippen LogP contribution in [0.25, 0.3) is 0 Å². The van der Waals surface area contributed by atoms with E-state index in [1.54, 1.807) is 0 Å². The van der Waals surface area contributed by atoms with Crippen LogP contribution in [0, 0.1) is 5.92 Å². The van der Waals surface area contributed by atoms with Gasteiger partial charge in [0.1, 0.15) is 0 Å². The molecular formula is C15H28N2O. The van der Waals surface area contributed by atoms with E-state index < -0.39 is 0 Å². The Bertz CT molecular complexity index is 271. The molecule has 3 fully saturated rings. The lowest BCUT2D eigenvalue weighted by molar-refractivity contribution is 0.0847. The average Bonchev–Trinajstić information content (AvgIpc) is 3.04. The minimum Gasteiger partial charge on any atom is -0.378 e. The quantitative estimate of drug-likeness (QED) is 0.828. The van der Waals surface area contributed by atoms with Crippen LogP contribution in [0.2, 0.25) is 0 Å². The molecule has 3 aliphatic heterocycles. The second-order valence-corrected chi connectivity index (χ2v) is 6.33. The Hall–Kier alpha value is -0.120. The standard InChI is InChI=1S/C15H28N2O/c1-2-15-12(6-9-18-15)11-16-13-5-8-17-7-3-4-14(17)10-13/h12-16H,2-11H2,1H3. The number of hydrogen-bond acceptors (Lipinski definition) is 3. The summed E-state index contributed by atoms with van der Waals surface area (Å²) in [5.74, 6) is 0.761. The van der Waals surface area contributed by atoms with E-state index in [-0.39, 0.29) is 0 Å². The van der Waals surface area contributed by atoms with Crippen molar-refractivity contribution < 1.29 is 4.74 Å². The van der Waals surface area contributed by atoms with Crippen molar-refractivity contribution in [3.05, 3.63) is 0 Å². The van der Waals surface area contributed by atoms with E-state index in [9.17, 15) is 0 Å². The molecule has 4 unspecified atom stereocenters. The van der Waals surface area contributed by atoms with E-state index in [1.165, 1.54) is 58.2 Å². The normalized spacial score (nSPS) is 41.2. The first-order valence-electron chi connectivity index (χ1n) is 7.96. The molecule has 0 aromatic rings. The number of nitrogens with one attached hydrogen (secondary N) is 1. The van der Waals surface area contributed by atoms with Gasteiger partial charge >= 0.3 is 0 Å². The maximum atomic E-state index is 5.78. The highest BCUT2D eigenvalue weighted by molar-refractivity contribution is 4.90. The van der Waals surface area contributed by atoms with Gasteiger partial charge in [-0.1, -0.05) is 6.92 Å². The Labute approximate surface area is 111 Å². The van der Waals surface area contributed by atoms with Crippen LogP contribution in [0.1, 0.15) is 45.4 Å². The smallest absolute Gasteiger partial charge is 0.0613 e. The predicted octanol–water partition coefficient (Wildman–Crippen LogP) is 2.02. The fraction of sp³-hybridized carbons (Fsp3) is 1.00. The van der Waals surface area contributed by atoms with E-state index in [1.807, 2.05) is 0 Å². The van der Waals surface area contributed by atoms with Crippen LogP contribution < -0.4 is 5.32 Å². The highest BCUT2D eigenvalue weighted by Crippen LogP contribution is 2.28. The van der Waals surface area contributed by atoms with Gasteiger partial charge in [-0.05, 0) is 57.5 Å². The molecule has 3 rings (SSSR count). The molecule has 0 bridgehead atoms. The van der Waals surface area contributed by atoms with Gasteiger partial charge in [0.05, 0.1) is 6.10 Å². The molecule has 104 valence electrons. The SMILES string of the molecule is CCC1OCCC1CNC1CCN2CCCC2C1. The molecule has 3 nitrogen and oxygen atoms in total. The van der Waals surface area contributed by atoms with Crippen molar-refractivity contribution in [3.8, 4) is 0 Å². The second kappa shape index (κ2) is 5.89. The minimum absolute atomic E-state index is 0.518. The number of nitrogens with zero attached hydrogens (tertiary/aromatic N) is 1. The van der Waals surface area contributed by atoms with E-state index >= 15 is 0 Å². The third kappa shape index (κ3) is 2.73. The van der Waals surface area contributed by atoms with Crippen molar-refractivity contribution in [2.45, 2.75) is 63.6 Å². The summed E-state index contributed by atoms with van der Waals surface area (Å²) in [5.41, 5.74) is 0. The highest BCUT2D eigenvalue weighted by Gasteiger charge is 2.32. The molecular weight excluding hydrogens is 224 g/mol. The maximum absolute atomic E-state index is 5.78. The minimum atomic E-state index is 0.518. The summed E-state index contributed by atoms with van der Waals surface area (Å²) < 4.78 is 5.78. The summed E-state index contributed by atoms with van der Waals surface area (Å²) in [6, 6.07) is 1.65. The van der Waals surface area contributed by atoms with Crippen LogP contribution in [0.15, 0.2) is 0 Å². The summed E-state index contributed by atoms with van der Waals surface area (Å²) in [6.45, 7) is 7.08. The summed E-state index contributed by atoms with van der Waals surface area (Å²) >= 11 is 0. The number of hydrogen-bond donors (Lipinski definition) is 1. The van der Waals surface area contributed by atoms with Crippen molar-refractivity contribution >= 4 is 0 Å². The lowest BCUT2D eigenvalue weighted by Crippen LogP contribution is -2.47. The first-order chi connectivity index (χ1) is 8.86. The van der Waals surface area contributed by atoms with Gasteiger partial charge in [-0.15, -0.1) is 0 Å². The zero-order valence-corrected chi connectivity index (χ0v) is 11.7. The second-order valence-electron chi connectivity index (χ2n) is 6.33. The third-order valence-electron chi connectivity index (χ3n) is 5.24. The molecule has 3 aliphatic rings. The molecule has 3 saturated heterocycles. The topological polar surface area (TPSA) is 24.5 Å². The van der Waals surface area contributed by atoms with Crippen LogP contribution >= 0.6 is 0 Å². The predicted molar refractivity (Wildman–Crippen MR) is 73.8 cm³/mol. The van der Waals surface area contributed by atoms with Crippen LogP contribution in [0.5, 0.6) is 0 Å². The molecule has 3 heterocycles. The maximum Gasteiger partial charge on any atom is 0.0613 e. The van der Waals surface area contributed by atoms with Gasteiger partial charge in [0.2, 0.25) is 0 Å². The van der Waals surface area contributed by atoms with Gasteiger partial charge < -0.3 is 15.0 Å². The van der Waals surface area contributed by atoms with Gasteiger partial charge in [-0.3, -0.25) is 0 Å². The Morgan fingerprint density at radius 2 is 2.17 bits per heavy atom. The van der Waals surface area contributed by atoms with E-state index in [0.29, 0.717) is 6.10 Å². The Morgan fingerprint density at radius 3 is 3.06 bits per heavy atom. The van der Waals surface area contributed by atoms with E-state index in [0.717, 1.165) is 24.6 Å². The summed E-state index contributed by atoms with van der Waals surface area (Å²) in [6.07, 6.45) is 8.53. The monoisotopic (exact) mass is 252 g/mol. The van der Waals surface area contributed by atoms with Crippen LogP contribution in [0.4, 0.5) is 0 Å². The van der Waals surface area contributed by atoms with Crippen LogP contribution in [-0.4, -0.2) is 49.3 Å². The molecule has 0 saturated carbocycles. The van der Waals surface area contributed by atoms with Crippen molar-refractivity contribution in [2.75, 3.05) is 26.2 Å². The van der Waals surface area contributed by atoms with Gasteiger partial charge in [0.25, 0.3) is 0 Å². The third-order valence-corrected chi connectivity index (χ3v) is 5.24.